The van der Waals surface area contributed by atoms with Crippen LogP contribution in [0.5, 0.6) is 0 Å². The van der Waals surface area contributed by atoms with Gasteiger partial charge in [-0.05, 0) is 37.5 Å². The summed E-state index contributed by atoms with van der Waals surface area (Å²) in [6, 6.07) is 3.88. The molecule has 1 aliphatic rings. The van der Waals surface area contributed by atoms with Gasteiger partial charge in [-0.2, -0.15) is 13.2 Å². The van der Waals surface area contributed by atoms with Gasteiger partial charge in [-0.3, -0.25) is 4.79 Å². The van der Waals surface area contributed by atoms with Crippen LogP contribution in [-0.2, 0) is 11.0 Å². The number of halogens is 3. The zero-order valence-corrected chi connectivity index (χ0v) is 19.1. The van der Waals surface area contributed by atoms with Gasteiger partial charge < -0.3 is 25.4 Å². The molecular weight excluding hydrogens is 465 g/mol. The van der Waals surface area contributed by atoms with Crippen molar-refractivity contribution in [1.82, 2.24) is 24.8 Å². The largest absolute Gasteiger partial charge is 0.416 e. The second-order valence-electron chi connectivity index (χ2n) is 8.50. The summed E-state index contributed by atoms with van der Waals surface area (Å²) in [5.41, 5.74) is -1.26. The lowest BCUT2D eigenvalue weighted by atomic mass is 9.85. The number of hydrogen-bond donors (Lipinski definition) is 4. The molecule has 184 valence electrons. The number of carbonyl (C=O) groups is 1. The molecule has 0 radical (unpaired) electrons. The van der Waals surface area contributed by atoms with Gasteiger partial charge >= 0.3 is 6.18 Å². The van der Waals surface area contributed by atoms with Crippen molar-refractivity contribution in [3.63, 3.8) is 0 Å². The third kappa shape index (κ3) is 4.28. The van der Waals surface area contributed by atoms with Gasteiger partial charge in [0.2, 0.25) is 11.7 Å². The van der Waals surface area contributed by atoms with Crippen molar-refractivity contribution < 1.29 is 28.2 Å². The molecule has 1 unspecified atom stereocenters. The molecule has 0 aliphatic heterocycles. The van der Waals surface area contributed by atoms with Gasteiger partial charge in [0.25, 0.3) is 0 Å². The molecule has 12 heteroatoms. The number of nitrogens with one attached hydrogen (secondary N) is 2. The Hall–Kier alpha value is -3.69. The molecule has 4 rings (SSSR count). The highest BCUT2D eigenvalue weighted by molar-refractivity contribution is 5.85. The van der Waals surface area contributed by atoms with Crippen molar-refractivity contribution in [3.8, 4) is 11.8 Å². The number of nitrogens with zero attached hydrogens (tertiary/aromatic N) is 4. The molecule has 4 atom stereocenters. The highest BCUT2D eigenvalue weighted by Gasteiger charge is 2.54. The first-order chi connectivity index (χ1) is 16.5. The van der Waals surface area contributed by atoms with E-state index >= 15 is 0 Å². The van der Waals surface area contributed by atoms with E-state index in [0.717, 1.165) is 12.1 Å². The number of amides is 1. The Morgan fingerprint density at radius 3 is 2.63 bits per heavy atom. The molecule has 1 saturated carbocycles. The molecule has 2 heterocycles. The van der Waals surface area contributed by atoms with E-state index in [1.54, 1.807) is 18.5 Å². The van der Waals surface area contributed by atoms with Crippen LogP contribution in [0.4, 0.5) is 19.0 Å². The zero-order valence-electron chi connectivity index (χ0n) is 19.1. The van der Waals surface area contributed by atoms with Crippen LogP contribution in [0.15, 0.2) is 30.6 Å². The van der Waals surface area contributed by atoms with Gasteiger partial charge in [-0.1, -0.05) is 12.0 Å². The lowest BCUT2D eigenvalue weighted by molar-refractivity contribution is -0.138. The molecule has 1 aromatic carbocycles. The van der Waals surface area contributed by atoms with Gasteiger partial charge in [-0.25, -0.2) is 15.0 Å². The number of hydrogen-bond acceptors (Lipinski definition) is 7. The molecule has 1 fully saturated rings. The van der Waals surface area contributed by atoms with Crippen molar-refractivity contribution in [2.24, 2.45) is 5.41 Å². The van der Waals surface area contributed by atoms with E-state index < -0.39 is 41.3 Å². The summed E-state index contributed by atoms with van der Waals surface area (Å²) in [4.78, 5) is 25.4. The van der Waals surface area contributed by atoms with Crippen molar-refractivity contribution in [3.05, 3.63) is 47.5 Å². The van der Waals surface area contributed by atoms with Crippen molar-refractivity contribution in [1.29, 1.82) is 0 Å². The van der Waals surface area contributed by atoms with Crippen LogP contribution in [0, 0.1) is 17.3 Å². The summed E-state index contributed by atoms with van der Waals surface area (Å²) in [6.07, 6.45) is -5.54. The quantitative estimate of drug-likeness (QED) is 0.414. The first-order valence-corrected chi connectivity index (χ1v) is 10.7. The number of benzene rings is 1. The lowest BCUT2D eigenvalue weighted by Gasteiger charge is -2.26. The number of fused-ring (bicyclic) bond motifs is 1. The Balaban J connectivity index is 1.76. The van der Waals surface area contributed by atoms with Crippen LogP contribution in [0.25, 0.3) is 11.2 Å². The van der Waals surface area contributed by atoms with Crippen LogP contribution >= 0.6 is 0 Å². The average molecular weight is 488 g/mol. The summed E-state index contributed by atoms with van der Waals surface area (Å²) in [7, 11) is 3.07. The van der Waals surface area contributed by atoms with Crippen molar-refractivity contribution >= 4 is 22.9 Å². The minimum absolute atomic E-state index is 0.0168. The summed E-state index contributed by atoms with van der Waals surface area (Å²) in [5, 5.41) is 26.8. The van der Waals surface area contributed by atoms with Gasteiger partial charge in [0.05, 0.1) is 29.5 Å². The first kappa shape index (κ1) is 24.4. The number of alkyl halides is 3. The van der Waals surface area contributed by atoms with Crippen LogP contribution in [0.3, 0.4) is 0 Å². The maximum absolute atomic E-state index is 13.0. The minimum atomic E-state index is -4.49. The summed E-state index contributed by atoms with van der Waals surface area (Å²) in [6.45, 7) is 1.57. The number of rotatable bonds is 3. The fourth-order valence-corrected chi connectivity index (χ4v) is 4.33. The lowest BCUT2D eigenvalue weighted by Crippen LogP contribution is -2.45. The second-order valence-corrected chi connectivity index (χ2v) is 8.50. The normalized spacial score (nSPS) is 24.2. The highest BCUT2D eigenvalue weighted by atomic mass is 19.4. The number of aromatic nitrogens is 4. The first-order valence-electron chi connectivity index (χ1n) is 10.7. The number of carbonyl (C=O) groups excluding carboxylic acids is 1. The third-order valence-corrected chi connectivity index (χ3v) is 6.27. The Morgan fingerprint density at radius 1 is 1.23 bits per heavy atom. The molecule has 9 nitrogen and oxygen atoms in total. The topological polar surface area (TPSA) is 125 Å². The summed E-state index contributed by atoms with van der Waals surface area (Å²) < 4.78 is 40.5. The Morgan fingerprint density at radius 2 is 1.97 bits per heavy atom. The molecule has 0 spiro atoms. The molecular formula is C23H23F3N6O3. The Bertz CT molecular complexity index is 1350. The second kappa shape index (κ2) is 8.83. The standard InChI is InChI=1S/C23H23F3N6O3/c1-22(21(35)28-3)10-14(17(33)18(22)34)32-11-29-16-19(27-2)30-15(31-20(16)32)8-7-12-5-4-6-13(9-12)23(24,25)26/h4-6,9,11,14,17-18,33-34H,10H2,1-3H3,(H,28,35)(H,27,30,31)/t14-,17+,18+,22?/m1/s1. The Labute approximate surface area is 198 Å². The van der Waals surface area contributed by atoms with Crippen molar-refractivity contribution in [2.45, 2.75) is 37.8 Å². The van der Waals surface area contributed by atoms with E-state index in [-0.39, 0.29) is 23.5 Å². The molecule has 35 heavy (non-hydrogen) atoms. The summed E-state index contributed by atoms with van der Waals surface area (Å²) in [5.74, 6) is 5.26. The van der Waals surface area contributed by atoms with E-state index in [1.165, 1.54) is 25.5 Å². The number of aliphatic hydroxyl groups is 2. The molecule has 0 bridgehead atoms. The SMILES string of the molecule is CNC(=O)C1(C)C[C@@H](n2cnc3c(NC)nc(C#Cc4cccc(C(F)(F)F)c4)nc32)[C@H](O)[C@@H]1O. The van der Waals surface area contributed by atoms with E-state index in [0.29, 0.717) is 11.3 Å². The molecule has 2 aromatic heterocycles. The predicted molar refractivity (Wildman–Crippen MR) is 120 cm³/mol. The van der Waals surface area contributed by atoms with Crippen LogP contribution < -0.4 is 10.6 Å². The minimum Gasteiger partial charge on any atom is -0.389 e. The predicted octanol–water partition coefficient (Wildman–Crippen LogP) is 1.71. The number of imidazole rings is 1. The maximum Gasteiger partial charge on any atom is 0.416 e. The molecule has 3 aromatic rings. The fraction of sp³-hybridized carbons (Fsp3) is 0.391. The maximum atomic E-state index is 13.0. The Kier molecular flexibility index (Phi) is 6.16. The summed E-state index contributed by atoms with van der Waals surface area (Å²) >= 11 is 0. The van der Waals surface area contributed by atoms with Gasteiger partial charge in [0.1, 0.15) is 6.10 Å². The number of anilines is 1. The van der Waals surface area contributed by atoms with Gasteiger partial charge in [0, 0.05) is 19.7 Å². The fourth-order valence-electron chi connectivity index (χ4n) is 4.33. The zero-order chi connectivity index (χ0) is 25.5. The van der Waals surface area contributed by atoms with Crippen LogP contribution in [0.2, 0.25) is 0 Å². The smallest absolute Gasteiger partial charge is 0.389 e. The van der Waals surface area contributed by atoms with Crippen LogP contribution in [0.1, 0.15) is 36.3 Å². The highest BCUT2D eigenvalue weighted by Crippen LogP contribution is 2.45. The molecule has 0 saturated heterocycles. The van der Waals surface area contributed by atoms with E-state index in [4.69, 9.17) is 0 Å². The van der Waals surface area contributed by atoms with E-state index in [9.17, 15) is 28.2 Å². The van der Waals surface area contributed by atoms with Gasteiger partial charge in [0.15, 0.2) is 17.0 Å². The van der Waals surface area contributed by atoms with Crippen LogP contribution in [-0.4, -0.2) is 61.9 Å². The molecule has 1 aliphatic carbocycles. The molecule has 1 amide bonds. The molecule has 4 N–H and O–H groups in total. The van der Waals surface area contributed by atoms with Crippen molar-refractivity contribution in [2.75, 3.05) is 19.4 Å². The van der Waals surface area contributed by atoms with E-state index in [2.05, 4.69) is 37.4 Å². The average Bonchev–Trinajstić information content (AvgIpc) is 3.36. The monoisotopic (exact) mass is 488 g/mol. The van der Waals surface area contributed by atoms with E-state index in [1.807, 2.05) is 0 Å². The third-order valence-electron chi connectivity index (χ3n) is 6.27. The van der Waals surface area contributed by atoms with Gasteiger partial charge in [-0.15, -0.1) is 0 Å². The number of aliphatic hydroxyl groups excluding tert-OH is 2.